The van der Waals surface area contributed by atoms with E-state index in [9.17, 15) is 4.79 Å². The molecule has 0 amide bonds. The Morgan fingerprint density at radius 2 is 2.38 bits per heavy atom. The quantitative estimate of drug-likeness (QED) is 0.722. The van der Waals surface area contributed by atoms with E-state index in [2.05, 4.69) is 9.97 Å². The summed E-state index contributed by atoms with van der Waals surface area (Å²) in [5.74, 6) is -0.836. The molecule has 2 aromatic rings. The average molecular weight is 176 g/mol. The third-order valence-corrected chi connectivity index (χ3v) is 1.82. The molecule has 4 nitrogen and oxygen atoms in total. The molecule has 2 rings (SSSR count). The van der Waals surface area contributed by atoms with Crippen molar-refractivity contribution < 1.29 is 9.90 Å². The molecule has 0 radical (unpaired) electrons. The van der Waals surface area contributed by atoms with Gasteiger partial charge in [0.2, 0.25) is 0 Å². The number of aromatic nitrogens is 2. The second-order valence-corrected chi connectivity index (χ2v) is 2.84. The van der Waals surface area contributed by atoms with Crippen LogP contribution >= 0.6 is 0 Å². The number of pyridine rings is 1. The average Bonchev–Trinajstić information content (AvgIpc) is 2.49. The van der Waals surface area contributed by atoms with Gasteiger partial charge in [0.25, 0.3) is 0 Å². The van der Waals surface area contributed by atoms with Gasteiger partial charge in [-0.3, -0.25) is 9.78 Å². The number of aromatic amines is 1. The Morgan fingerprint density at radius 3 is 3.15 bits per heavy atom. The number of carboxylic acids is 1. The number of rotatable bonds is 2. The van der Waals surface area contributed by atoms with E-state index in [1.807, 2.05) is 6.07 Å². The molecular formula is C9H8N2O2. The molecule has 0 aliphatic heterocycles. The number of hydrogen-bond donors (Lipinski definition) is 2. The van der Waals surface area contributed by atoms with E-state index in [0.717, 1.165) is 16.5 Å². The van der Waals surface area contributed by atoms with E-state index in [0.29, 0.717) is 0 Å². The third kappa shape index (κ3) is 1.51. The van der Waals surface area contributed by atoms with Gasteiger partial charge in [0.1, 0.15) is 0 Å². The fraction of sp³-hybridized carbons (Fsp3) is 0.111. The highest BCUT2D eigenvalue weighted by molar-refractivity contribution is 5.79. The van der Waals surface area contributed by atoms with Gasteiger partial charge in [-0.15, -0.1) is 0 Å². The van der Waals surface area contributed by atoms with E-state index in [1.54, 1.807) is 18.6 Å². The second kappa shape index (κ2) is 2.90. The fourth-order valence-electron chi connectivity index (χ4n) is 1.26. The minimum atomic E-state index is -0.836. The van der Waals surface area contributed by atoms with Crippen LogP contribution in [0.2, 0.25) is 0 Å². The van der Waals surface area contributed by atoms with Gasteiger partial charge in [-0.2, -0.15) is 0 Å². The molecule has 2 N–H and O–H groups in total. The monoisotopic (exact) mass is 176 g/mol. The number of H-pyrrole nitrogens is 1. The minimum absolute atomic E-state index is 0.0219. The first-order chi connectivity index (χ1) is 6.25. The Hall–Kier alpha value is -1.84. The van der Waals surface area contributed by atoms with Crippen molar-refractivity contribution in [2.45, 2.75) is 6.42 Å². The van der Waals surface area contributed by atoms with Crippen LogP contribution in [0.15, 0.2) is 24.7 Å². The molecule has 2 heterocycles. The molecule has 66 valence electrons. The lowest BCUT2D eigenvalue weighted by Gasteiger charge is -1.95. The maximum absolute atomic E-state index is 10.4. The Morgan fingerprint density at radius 1 is 1.54 bits per heavy atom. The van der Waals surface area contributed by atoms with E-state index >= 15 is 0 Å². The summed E-state index contributed by atoms with van der Waals surface area (Å²) >= 11 is 0. The van der Waals surface area contributed by atoms with Crippen LogP contribution in [0.1, 0.15) is 5.56 Å². The number of fused-ring (bicyclic) bond motifs is 1. The zero-order valence-electron chi connectivity index (χ0n) is 6.82. The molecule has 0 bridgehead atoms. The van der Waals surface area contributed by atoms with Gasteiger partial charge in [0.05, 0.1) is 11.9 Å². The molecule has 4 heteroatoms. The second-order valence-electron chi connectivity index (χ2n) is 2.84. The Kier molecular flexibility index (Phi) is 1.73. The molecule has 0 aliphatic rings. The highest BCUT2D eigenvalue weighted by atomic mass is 16.4. The van der Waals surface area contributed by atoms with E-state index in [4.69, 9.17) is 5.11 Å². The summed E-state index contributed by atoms with van der Waals surface area (Å²) < 4.78 is 0. The molecule has 0 aromatic carbocycles. The Labute approximate surface area is 74.2 Å². The highest BCUT2D eigenvalue weighted by Crippen LogP contribution is 2.12. The lowest BCUT2D eigenvalue weighted by molar-refractivity contribution is -0.136. The smallest absolute Gasteiger partial charge is 0.307 e. The molecular weight excluding hydrogens is 168 g/mol. The zero-order valence-corrected chi connectivity index (χ0v) is 6.82. The van der Waals surface area contributed by atoms with Crippen molar-refractivity contribution >= 4 is 16.9 Å². The number of carbonyl (C=O) groups is 1. The first-order valence-electron chi connectivity index (χ1n) is 3.89. The number of nitrogens with zero attached hydrogens (tertiary/aromatic N) is 1. The molecule has 13 heavy (non-hydrogen) atoms. The summed E-state index contributed by atoms with van der Waals surface area (Å²) in [5, 5.41) is 9.50. The van der Waals surface area contributed by atoms with Crippen molar-refractivity contribution in [3.8, 4) is 0 Å². The summed E-state index contributed by atoms with van der Waals surface area (Å²) in [6.07, 6.45) is 5.19. The first-order valence-corrected chi connectivity index (χ1v) is 3.89. The molecule has 0 aliphatic carbocycles. The third-order valence-electron chi connectivity index (χ3n) is 1.82. The maximum Gasteiger partial charge on any atom is 0.307 e. The van der Waals surface area contributed by atoms with Crippen molar-refractivity contribution in [2.75, 3.05) is 0 Å². The molecule has 2 aromatic heterocycles. The van der Waals surface area contributed by atoms with Crippen LogP contribution in [-0.2, 0) is 11.2 Å². The Balaban J connectivity index is 2.42. The van der Waals surface area contributed by atoms with Crippen LogP contribution in [0.5, 0.6) is 0 Å². The Bertz CT molecular complexity index is 448. The summed E-state index contributed by atoms with van der Waals surface area (Å²) in [4.78, 5) is 17.4. The summed E-state index contributed by atoms with van der Waals surface area (Å²) in [7, 11) is 0. The van der Waals surface area contributed by atoms with Gasteiger partial charge >= 0.3 is 5.97 Å². The van der Waals surface area contributed by atoms with Crippen molar-refractivity contribution in [2.24, 2.45) is 0 Å². The predicted octanol–water partition coefficient (Wildman–Crippen LogP) is 1.19. The van der Waals surface area contributed by atoms with E-state index in [-0.39, 0.29) is 6.42 Å². The van der Waals surface area contributed by atoms with Crippen LogP contribution in [0.3, 0.4) is 0 Å². The number of aliphatic carboxylic acids is 1. The molecule has 0 unspecified atom stereocenters. The molecule has 0 saturated heterocycles. The van der Waals surface area contributed by atoms with Crippen LogP contribution in [-0.4, -0.2) is 21.0 Å². The topological polar surface area (TPSA) is 66.0 Å². The SMILES string of the molecule is O=C(O)Cc1cnc2c[nH]cc2c1. The highest BCUT2D eigenvalue weighted by Gasteiger charge is 2.02. The lowest BCUT2D eigenvalue weighted by Crippen LogP contribution is -1.99. The van der Waals surface area contributed by atoms with E-state index in [1.165, 1.54) is 0 Å². The molecule has 0 spiro atoms. The standard InChI is InChI=1S/C9H8N2O2/c12-9(13)2-6-1-7-4-10-5-8(7)11-3-6/h1,3-5,10H,2H2,(H,12,13). The van der Waals surface area contributed by atoms with Crippen LogP contribution < -0.4 is 0 Å². The van der Waals surface area contributed by atoms with Crippen LogP contribution in [0.25, 0.3) is 10.9 Å². The normalized spacial score (nSPS) is 10.5. The first kappa shape index (κ1) is 7.79. The largest absolute Gasteiger partial charge is 0.481 e. The zero-order chi connectivity index (χ0) is 9.26. The molecule has 0 atom stereocenters. The summed E-state index contributed by atoms with van der Waals surface area (Å²) in [6.45, 7) is 0. The molecule has 0 fully saturated rings. The van der Waals surface area contributed by atoms with Gasteiger partial charge in [0.15, 0.2) is 0 Å². The van der Waals surface area contributed by atoms with Gasteiger partial charge in [-0.05, 0) is 11.6 Å². The van der Waals surface area contributed by atoms with Gasteiger partial charge in [0, 0.05) is 24.0 Å². The van der Waals surface area contributed by atoms with Crippen LogP contribution in [0, 0.1) is 0 Å². The fourth-order valence-corrected chi connectivity index (χ4v) is 1.26. The summed E-state index contributed by atoms with van der Waals surface area (Å²) in [5.41, 5.74) is 1.58. The van der Waals surface area contributed by atoms with Crippen molar-refractivity contribution in [3.63, 3.8) is 0 Å². The summed E-state index contributed by atoms with van der Waals surface area (Å²) in [6, 6.07) is 1.83. The van der Waals surface area contributed by atoms with Gasteiger partial charge in [-0.25, -0.2) is 0 Å². The van der Waals surface area contributed by atoms with Crippen molar-refractivity contribution in [3.05, 3.63) is 30.2 Å². The number of hydrogen-bond acceptors (Lipinski definition) is 2. The predicted molar refractivity (Wildman–Crippen MR) is 47.4 cm³/mol. The maximum atomic E-state index is 10.4. The molecule has 0 saturated carbocycles. The number of carboxylic acid groups (broad SMARTS) is 1. The van der Waals surface area contributed by atoms with Crippen molar-refractivity contribution in [1.82, 2.24) is 9.97 Å². The lowest BCUT2D eigenvalue weighted by atomic mass is 10.2. The minimum Gasteiger partial charge on any atom is -0.481 e. The van der Waals surface area contributed by atoms with E-state index < -0.39 is 5.97 Å². The van der Waals surface area contributed by atoms with Crippen LogP contribution in [0.4, 0.5) is 0 Å². The van der Waals surface area contributed by atoms with Gasteiger partial charge in [-0.1, -0.05) is 0 Å². The van der Waals surface area contributed by atoms with Crippen molar-refractivity contribution in [1.29, 1.82) is 0 Å². The van der Waals surface area contributed by atoms with Gasteiger partial charge < -0.3 is 10.1 Å². The number of nitrogens with one attached hydrogen (secondary N) is 1.